The van der Waals surface area contributed by atoms with E-state index in [0.717, 1.165) is 4.88 Å². The molecule has 3 nitrogen and oxygen atoms in total. The summed E-state index contributed by atoms with van der Waals surface area (Å²) in [5.41, 5.74) is 0. The number of carbonyl (C=O) groups is 1. The lowest BCUT2D eigenvalue weighted by Gasteiger charge is -1.93. The van der Waals surface area contributed by atoms with Gasteiger partial charge in [0, 0.05) is 0 Å². The molecule has 0 spiro atoms. The number of Topliss-reactive ketones (excluding diaryl/α,β-unsaturated/α-hetero) is 1. The molecule has 98 valence electrons. The van der Waals surface area contributed by atoms with Gasteiger partial charge in [0.25, 0.3) is 0 Å². The molecule has 0 saturated heterocycles. The van der Waals surface area contributed by atoms with Crippen molar-refractivity contribution in [3.05, 3.63) is 70.2 Å². The SMILES string of the molecule is O=C(Cc1ccco1)c1ccc(C#Cc2ccco2)s1. The van der Waals surface area contributed by atoms with E-state index in [1.807, 2.05) is 6.07 Å². The van der Waals surface area contributed by atoms with Crippen LogP contribution in [0.3, 0.4) is 0 Å². The average Bonchev–Trinajstić information content (AvgIpc) is 3.19. The van der Waals surface area contributed by atoms with E-state index in [1.54, 1.807) is 42.9 Å². The van der Waals surface area contributed by atoms with E-state index in [9.17, 15) is 4.79 Å². The molecule has 20 heavy (non-hydrogen) atoms. The minimum Gasteiger partial charge on any atom is -0.469 e. The van der Waals surface area contributed by atoms with Gasteiger partial charge in [-0.3, -0.25) is 4.79 Å². The van der Waals surface area contributed by atoms with Gasteiger partial charge in [-0.2, -0.15) is 0 Å². The molecule has 0 saturated carbocycles. The molecule has 3 rings (SSSR count). The quantitative estimate of drug-likeness (QED) is 0.542. The first-order valence-corrected chi connectivity index (χ1v) is 6.84. The number of carbonyl (C=O) groups excluding carboxylic acids is 1. The van der Waals surface area contributed by atoms with Gasteiger partial charge in [0.1, 0.15) is 5.76 Å². The predicted molar refractivity (Wildman–Crippen MR) is 75.7 cm³/mol. The summed E-state index contributed by atoms with van der Waals surface area (Å²) in [5.74, 6) is 7.21. The third-order valence-electron chi connectivity index (χ3n) is 2.63. The van der Waals surface area contributed by atoms with Crippen molar-refractivity contribution in [3.63, 3.8) is 0 Å². The van der Waals surface area contributed by atoms with Crippen molar-refractivity contribution < 1.29 is 13.6 Å². The number of rotatable bonds is 3. The smallest absolute Gasteiger partial charge is 0.180 e. The molecule has 0 radical (unpaired) electrons. The molecule has 0 aliphatic carbocycles. The first kappa shape index (κ1) is 12.5. The van der Waals surface area contributed by atoms with Crippen molar-refractivity contribution >= 4 is 17.1 Å². The normalized spacial score (nSPS) is 10.0. The summed E-state index contributed by atoms with van der Waals surface area (Å²) in [4.78, 5) is 13.6. The number of ketones is 1. The number of thiophene rings is 1. The zero-order chi connectivity index (χ0) is 13.8. The van der Waals surface area contributed by atoms with Crippen molar-refractivity contribution in [2.45, 2.75) is 6.42 Å². The Kier molecular flexibility index (Phi) is 3.53. The van der Waals surface area contributed by atoms with Crippen molar-refractivity contribution in [2.24, 2.45) is 0 Å². The second-order valence-electron chi connectivity index (χ2n) is 4.07. The monoisotopic (exact) mass is 282 g/mol. The minimum absolute atomic E-state index is 0.0380. The van der Waals surface area contributed by atoms with Crippen LogP contribution >= 0.6 is 11.3 Å². The second kappa shape index (κ2) is 5.64. The number of hydrogen-bond acceptors (Lipinski definition) is 4. The second-order valence-corrected chi connectivity index (χ2v) is 5.15. The van der Waals surface area contributed by atoms with Crippen LogP contribution in [0.4, 0.5) is 0 Å². The molecule has 0 atom stereocenters. The van der Waals surface area contributed by atoms with Crippen LogP contribution in [0.15, 0.2) is 57.8 Å². The summed E-state index contributed by atoms with van der Waals surface area (Å²) in [7, 11) is 0. The third-order valence-corrected chi connectivity index (χ3v) is 3.67. The zero-order valence-electron chi connectivity index (χ0n) is 10.5. The van der Waals surface area contributed by atoms with Crippen molar-refractivity contribution in [1.82, 2.24) is 0 Å². The van der Waals surface area contributed by atoms with Gasteiger partial charge in [0.05, 0.1) is 28.7 Å². The first-order chi connectivity index (χ1) is 9.81. The van der Waals surface area contributed by atoms with E-state index in [-0.39, 0.29) is 12.2 Å². The third kappa shape index (κ3) is 2.90. The lowest BCUT2D eigenvalue weighted by Crippen LogP contribution is -1.99. The highest BCUT2D eigenvalue weighted by atomic mass is 32.1. The van der Waals surface area contributed by atoms with Gasteiger partial charge in [0.15, 0.2) is 11.5 Å². The van der Waals surface area contributed by atoms with E-state index < -0.39 is 0 Å². The summed E-state index contributed by atoms with van der Waals surface area (Å²) < 4.78 is 10.3. The molecule has 0 N–H and O–H groups in total. The summed E-state index contributed by atoms with van der Waals surface area (Å²) in [6.07, 6.45) is 3.42. The topological polar surface area (TPSA) is 43.4 Å². The zero-order valence-corrected chi connectivity index (χ0v) is 11.3. The Balaban J connectivity index is 1.72. The fraction of sp³-hybridized carbons (Fsp3) is 0.0625. The van der Waals surface area contributed by atoms with Crippen LogP contribution in [-0.4, -0.2) is 5.78 Å². The van der Waals surface area contributed by atoms with E-state index in [4.69, 9.17) is 8.83 Å². The van der Waals surface area contributed by atoms with Gasteiger partial charge in [-0.15, -0.1) is 11.3 Å². The Labute approximate surface area is 119 Å². The predicted octanol–water partition coefficient (Wildman–Crippen LogP) is 3.76. The molecule has 3 aromatic heterocycles. The van der Waals surface area contributed by atoms with Gasteiger partial charge in [-0.05, 0) is 48.2 Å². The lowest BCUT2D eigenvalue weighted by molar-refractivity contribution is 0.0991. The summed E-state index contributed by atoms with van der Waals surface area (Å²) >= 11 is 1.38. The molecular formula is C16H10O3S. The van der Waals surface area contributed by atoms with E-state index in [1.165, 1.54) is 11.3 Å². The molecular weight excluding hydrogens is 272 g/mol. The molecule has 0 aliphatic heterocycles. The highest BCUT2D eigenvalue weighted by Crippen LogP contribution is 2.18. The highest BCUT2D eigenvalue weighted by Gasteiger charge is 2.11. The van der Waals surface area contributed by atoms with Crippen LogP contribution in [-0.2, 0) is 6.42 Å². The summed E-state index contributed by atoms with van der Waals surface area (Å²) in [6, 6.07) is 10.8. The maximum absolute atomic E-state index is 12.0. The molecule has 0 aliphatic rings. The average molecular weight is 282 g/mol. The molecule has 0 fully saturated rings. The molecule has 0 bridgehead atoms. The minimum atomic E-state index is 0.0380. The number of hydrogen-bond donors (Lipinski definition) is 0. The summed E-state index contributed by atoms with van der Waals surface area (Å²) in [5, 5.41) is 0. The largest absolute Gasteiger partial charge is 0.469 e. The Morgan fingerprint density at radius 3 is 2.65 bits per heavy atom. The maximum atomic E-state index is 12.0. The molecule has 0 aromatic carbocycles. The highest BCUT2D eigenvalue weighted by molar-refractivity contribution is 7.14. The Hall–Kier alpha value is -2.51. The van der Waals surface area contributed by atoms with Crippen LogP contribution in [0.1, 0.15) is 26.1 Å². The van der Waals surface area contributed by atoms with Gasteiger partial charge in [0.2, 0.25) is 0 Å². The molecule has 0 unspecified atom stereocenters. The van der Waals surface area contributed by atoms with Crippen LogP contribution in [0.25, 0.3) is 0 Å². The van der Waals surface area contributed by atoms with Gasteiger partial charge in [-0.1, -0.05) is 0 Å². The van der Waals surface area contributed by atoms with E-state index >= 15 is 0 Å². The molecule has 3 aromatic rings. The standard InChI is InChI=1S/C16H10O3S/c17-15(11-13-4-2-10-19-13)16-8-7-14(20-16)6-5-12-3-1-9-18-12/h1-4,7-10H,11H2. The Bertz CT molecular complexity index is 752. The van der Waals surface area contributed by atoms with Crippen LogP contribution in [0.2, 0.25) is 0 Å². The lowest BCUT2D eigenvalue weighted by atomic mass is 10.2. The Morgan fingerprint density at radius 1 is 1.05 bits per heavy atom. The van der Waals surface area contributed by atoms with Crippen molar-refractivity contribution in [3.8, 4) is 11.8 Å². The van der Waals surface area contributed by atoms with Crippen molar-refractivity contribution in [2.75, 3.05) is 0 Å². The van der Waals surface area contributed by atoms with Crippen LogP contribution < -0.4 is 0 Å². The fourth-order valence-corrected chi connectivity index (χ4v) is 2.48. The molecule has 4 heteroatoms. The molecule has 0 amide bonds. The van der Waals surface area contributed by atoms with Gasteiger partial charge < -0.3 is 8.83 Å². The fourth-order valence-electron chi connectivity index (χ4n) is 1.69. The Morgan fingerprint density at radius 2 is 1.90 bits per heavy atom. The van der Waals surface area contributed by atoms with Gasteiger partial charge in [-0.25, -0.2) is 0 Å². The van der Waals surface area contributed by atoms with E-state index in [2.05, 4.69) is 11.8 Å². The first-order valence-electron chi connectivity index (χ1n) is 6.02. The summed E-state index contributed by atoms with van der Waals surface area (Å²) in [6.45, 7) is 0. The van der Waals surface area contributed by atoms with E-state index in [0.29, 0.717) is 16.4 Å². The maximum Gasteiger partial charge on any atom is 0.180 e. The van der Waals surface area contributed by atoms with Crippen molar-refractivity contribution in [1.29, 1.82) is 0 Å². The van der Waals surface area contributed by atoms with Gasteiger partial charge >= 0.3 is 0 Å². The van der Waals surface area contributed by atoms with Crippen LogP contribution in [0.5, 0.6) is 0 Å². The molecule has 3 heterocycles. The van der Waals surface area contributed by atoms with Crippen LogP contribution in [0, 0.1) is 11.8 Å². The number of furan rings is 2.